The van der Waals surface area contributed by atoms with Crippen LogP contribution in [0.25, 0.3) is 0 Å². The van der Waals surface area contributed by atoms with Crippen molar-refractivity contribution in [2.45, 2.75) is 37.3 Å². The van der Waals surface area contributed by atoms with Crippen LogP contribution >= 0.6 is 0 Å². The maximum absolute atomic E-state index is 13.1. The topological polar surface area (TPSA) is 78.3 Å². The molecule has 0 aliphatic heterocycles. The summed E-state index contributed by atoms with van der Waals surface area (Å²) in [5.41, 5.74) is 10.0. The Labute approximate surface area is 74.2 Å². The monoisotopic (exact) mass is 194 g/mol. The van der Waals surface area contributed by atoms with Crippen molar-refractivity contribution < 1.29 is 18.3 Å². The Balaban J connectivity index is 2.68. The highest BCUT2D eigenvalue weighted by Crippen LogP contribution is 2.34. The van der Waals surface area contributed by atoms with Crippen LogP contribution in [0.1, 0.15) is 19.3 Å². The minimum Gasteiger partial charge on any atom is -0.438 e. The van der Waals surface area contributed by atoms with Gasteiger partial charge in [0.05, 0.1) is 0 Å². The van der Waals surface area contributed by atoms with E-state index in [1.165, 1.54) is 0 Å². The Kier molecular flexibility index (Phi) is 2.70. The molecule has 0 aromatic rings. The third-order valence-corrected chi connectivity index (χ3v) is 2.10. The lowest BCUT2D eigenvalue weighted by Crippen LogP contribution is -2.53. The molecular weight excluding hydrogens is 182 g/mol. The lowest BCUT2D eigenvalue weighted by molar-refractivity contribution is -0.138. The fourth-order valence-corrected chi connectivity index (χ4v) is 1.48. The third kappa shape index (κ3) is 2.27. The molecule has 1 amide bonds. The van der Waals surface area contributed by atoms with Gasteiger partial charge < -0.3 is 16.2 Å². The van der Waals surface area contributed by atoms with Crippen molar-refractivity contribution in [1.82, 2.24) is 0 Å². The molecule has 4 nitrogen and oxygen atoms in total. The average Bonchev–Trinajstić information content (AvgIpc) is 1.96. The van der Waals surface area contributed by atoms with Gasteiger partial charge >= 0.3 is 6.09 Å². The SMILES string of the molecule is NC(=O)O[C@H]1[C@H](N)CCCC1(F)F. The van der Waals surface area contributed by atoms with Crippen LogP contribution in [0.5, 0.6) is 0 Å². The van der Waals surface area contributed by atoms with Crippen molar-refractivity contribution in [2.24, 2.45) is 11.5 Å². The molecule has 0 radical (unpaired) electrons. The summed E-state index contributed by atoms with van der Waals surface area (Å²) in [5.74, 6) is -3.05. The number of amides is 1. The Morgan fingerprint density at radius 1 is 1.54 bits per heavy atom. The van der Waals surface area contributed by atoms with E-state index < -0.39 is 24.2 Å². The highest BCUT2D eigenvalue weighted by Gasteiger charge is 2.48. The van der Waals surface area contributed by atoms with Crippen LogP contribution in [-0.4, -0.2) is 24.2 Å². The van der Waals surface area contributed by atoms with Crippen LogP contribution in [0.3, 0.4) is 0 Å². The van der Waals surface area contributed by atoms with E-state index in [-0.39, 0.29) is 6.42 Å². The number of primary amides is 1. The van der Waals surface area contributed by atoms with E-state index in [0.717, 1.165) is 0 Å². The third-order valence-electron chi connectivity index (χ3n) is 2.10. The molecule has 0 bridgehead atoms. The number of ether oxygens (including phenoxy) is 1. The molecule has 0 spiro atoms. The van der Waals surface area contributed by atoms with E-state index in [9.17, 15) is 13.6 Å². The maximum Gasteiger partial charge on any atom is 0.405 e. The molecule has 1 aliphatic rings. The summed E-state index contributed by atoms with van der Waals surface area (Å²) in [6, 6.07) is -0.823. The van der Waals surface area contributed by atoms with Gasteiger partial charge in [-0.2, -0.15) is 0 Å². The first-order valence-corrected chi connectivity index (χ1v) is 4.03. The zero-order valence-corrected chi connectivity index (χ0v) is 7.00. The highest BCUT2D eigenvalue weighted by molar-refractivity contribution is 5.65. The molecule has 0 heterocycles. The van der Waals surface area contributed by atoms with Crippen LogP contribution in [-0.2, 0) is 4.74 Å². The van der Waals surface area contributed by atoms with Gasteiger partial charge in [0.15, 0.2) is 6.10 Å². The number of rotatable bonds is 1. The summed E-state index contributed by atoms with van der Waals surface area (Å²) in [4.78, 5) is 10.3. The fourth-order valence-electron chi connectivity index (χ4n) is 1.48. The molecule has 1 saturated carbocycles. The molecule has 1 aliphatic carbocycles. The quantitative estimate of drug-likeness (QED) is 0.641. The number of alkyl halides is 2. The molecule has 0 aromatic heterocycles. The molecular formula is C7H12F2N2O2. The fraction of sp³-hybridized carbons (Fsp3) is 0.857. The Morgan fingerprint density at radius 3 is 2.62 bits per heavy atom. The molecule has 2 atom stereocenters. The molecule has 1 rings (SSSR count). The average molecular weight is 194 g/mol. The van der Waals surface area contributed by atoms with Crippen LogP contribution < -0.4 is 11.5 Å². The summed E-state index contributed by atoms with van der Waals surface area (Å²) >= 11 is 0. The summed E-state index contributed by atoms with van der Waals surface area (Å²) in [6.07, 6.45) is -2.32. The van der Waals surface area contributed by atoms with E-state index in [0.29, 0.717) is 12.8 Å². The van der Waals surface area contributed by atoms with Crippen LogP contribution in [0, 0.1) is 0 Å². The largest absolute Gasteiger partial charge is 0.438 e. The van der Waals surface area contributed by atoms with E-state index in [1.807, 2.05) is 0 Å². The van der Waals surface area contributed by atoms with Gasteiger partial charge in [-0.1, -0.05) is 0 Å². The smallest absolute Gasteiger partial charge is 0.405 e. The van der Waals surface area contributed by atoms with Gasteiger partial charge in [0.1, 0.15) is 0 Å². The van der Waals surface area contributed by atoms with Gasteiger partial charge in [-0.25, -0.2) is 13.6 Å². The zero-order valence-electron chi connectivity index (χ0n) is 7.00. The number of hydrogen-bond acceptors (Lipinski definition) is 3. The first kappa shape index (κ1) is 10.2. The Bertz CT molecular complexity index is 211. The number of nitrogens with two attached hydrogens (primary N) is 2. The molecule has 0 aromatic carbocycles. The van der Waals surface area contributed by atoms with Crippen LogP contribution in [0.4, 0.5) is 13.6 Å². The highest BCUT2D eigenvalue weighted by atomic mass is 19.3. The predicted octanol–water partition coefficient (Wildman–Crippen LogP) is 0.597. The van der Waals surface area contributed by atoms with Crippen LogP contribution in [0.15, 0.2) is 0 Å². The molecule has 4 N–H and O–H groups in total. The minimum atomic E-state index is -3.05. The van der Waals surface area contributed by atoms with Gasteiger partial charge in [-0.3, -0.25) is 0 Å². The van der Waals surface area contributed by atoms with Gasteiger partial charge in [-0.15, -0.1) is 0 Å². The molecule has 6 heteroatoms. The van der Waals surface area contributed by atoms with E-state index >= 15 is 0 Å². The molecule has 13 heavy (non-hydrogen) atoms. The second-order valence-corrected chi connectivity index (χ2v) is 3.17. The first-order valence-electron chi connectivity index (χ1n) is 4.03. The van der Waals surface area contributed by atoms with Gasteiger partial charge in [-0.05, 0) is 12.8 Å². The van der Waals surface area contributed by atoms with E-state index in [1.54, 1.807) is 0 Å². The summed E-state index contributed by atoms with van der Waals surface area (Å²) in [6.45, 7) is 0. The number of hydrogen-bond donors (Lipinski definition) is 2. The van der Waals surface area contributed by atoms with Crippen molar-refractivity contribution in [3.05, 3.63) is 0 Å². The number of halogens is 2. The van der Waals surface area contributed by atoms with Gasteiger partial charge in [0, 0.05) is 12.5 Å². The van der Waals surface area contributed by atoms with Crippen molar-refractivity contribution in [3.8, 4) is 0 Å². The van der Waals surface area contributed by atoms with Crippen molar-refractivity contribution in [1.29, 1.82) is 0 Å². The molecule has 0 saturated heterocycles. The van der Waals surface area contributed by atoms with E-state index in [2.05, 4.69) is 10.5 Å². The standard InChI is InChI=1S/C7H12F2N2O2/c8-7(9)3-1-2-4(10)5(7)13-6(11)12/h4-5H,1-3,10H2,(H2,11,12)/t4-,5+/m1/s1. The second-order valence-electron chi connectivity index (χ2n) is 3.17. The summed E-state index contributed by atoms with van der Waals surface area (Å²) in [5, 5.41) is 0. The van der Waals surface area contributed by atoms with Crippen LogP contribution in [0.2, 0.25) is 0 Å². The normalized spacial score (nSPS) is 32.5. The maximum atomic E-state index is 13.1. The molecule has 76 valence electrons. The molecule has 1 fully saturated rings. The predicted molar refractivity (Wildman–Crippen MR) is 41.2 cm³/mol. The lowest BCUT2D eigenvalue weighted by Gasteiger charge is -2.34. The van der Waals surface area contributed by atoms with E-state index in [4.69, 9.17) is 5.73 Å². The van der Waals surface area contributed by atoms with Gasteiger partial charge in [0.25, 0.3) is 5.92 Å². The summed E-state index contributed by atoms with van der Waals surface area (Å²) < 4.78 is 30.4. The minimum absolute atomic E-state index is 0.307. The van der Waals surface area contributed by atoms with Crippen molar-refractivity contribution in [2.75, 3.05) is 0 Å². The van der Waals surface area contributed by atoms with Crippen molar-refractivity contribution >= 4 is 6.09 Å². The molecule has 0 unspecified atom stereocenters. The number of carbonyl (C=O) groups is 1. The zero-order chi connectivity index (χ0) is 10.1. The first-order chi connectivity index (χ1) is 5.93. The van der Waals surface area contributed by atoms with Crippen molar-refractivity contribution in [3.63, 3.8) is 0 Å². The summed E-state index contributed by atoms with van der Waals surface area (Å²) in [7, 11) is 0. The Morgan fingerprint density at radius 2 is 2.15 bits per heavy atom. The Hall–Kier alpha value is -0.910. The van der Waals surface area contributed by atoms with Gasteiger partial charge in [0.2, 0.25) is 0 Å². The lowest BCUT2D eigenvalue weighted by atomic mass is 9.90. The number of carbonyl (C=O) groups excluding carboxylic acids is 1. The second kappa shape index (κ2) is 3.45.